The summed E-state index contributed by atoms with van der Waals surface area (Å²) in [5, 5.41) is 17.6. The van der Waals surface area contributed by atoms with Crippen LogP contribution in [0.4, 0.5) is 0 Å². The average Bonchev–Trinajstić information content (AvgIpc) is 2.71. The highest BCUT2D eigenvalue weighted by molar-refractivity contribution is 7.91. The van der Waals surface area contributed by atoms with Crippen molar-refractivity contribution in [2.24, 2.45) is 5.92 Å². The summed E-state index contributed by atoms with van der Waals surface area (Å²) in [6.07, 6.45) is 0. The zero-order valence-electron chi connectivity index (χ0n) is 10.7. The Balaban J connectivity index is 3.11. The van der Waals surface area contributed by atoms with Crippen molar-refractivity contribution in [1.29, 1.82) is 5.26 Å². The first-order valence-electron chi connectivity index (χ1n) is 5.39. The van der Waals surface area contributed by atoms with Crippen molar-refractivity contribution in [2.45, 2.75) is 18.1 Å². The molecule has 1 N–H and O–H groups in total. The topological polar surface area (TPSA) is 98.5 Å². The average molecular weight is 302 g/mol. The smallest absolute Gasteiger partial charge is 0.346 e. The van der Waals surface area contributed by atoms with Crippen molar-refractivity contribution in [3.8, 4) is 6.07 Å². The van der Waals surface area contributed by atoms with Crippen molar-refractivity contribution < 1.29 is 18.3 Å². The van der Waals surface area contributed by atoms with Crippen molar-refractivity contribution in [3.63, 3.8) is 0 Å². The van der Waals surface area contributed by atoms with Crippen molar-refractivity contribution in [1.82, 2.24) is 4.31 Å². The van der Waals surface area contributed by atoms with E-state index in [9.17, 15) is 13.2 Å². The maximum atomic E-state index is 12.2. The minimum Gasteiger partial charge on any atom is -0.477 e. The Hall–Kier alpha value is -1.43. The maximum Gasteiger partial charge on any atom is 0.346 e. The lowest BCUT2D eigenvalue weighted by molar-refractivity contribution is 0.0701. The molecule has 1 heterocycles. The zero-order valence-corrected chi connectivity index (χ0v) is 12.4. The van der Waals surface area contributed by atoms with Gasteiger partial charge in [0.2, 0.25) is 0 Å². The molecule has 0 radical (unpaired) electrons. The van der Waals surface area contributed by atoms with Crippen LogP contribution in [0.15, 0.2) is 10.3 Å². The van der Waals surface area contributed by atoms with E-state index in [-0.39, 0.29) is 15.6 Å². The lowest BCUT2D eigenvalue weighted by Crippen LogP contribution is -2.30. The lowest BCUT2D eigenvalue weighted by Gasteiger charge is -2.16. The standard InChI is InChI=1S/C11H14N2O4S2/c1-7(5-12)6-13(3)19(16,17)9-4-8(2)10(18-9)11(14)15/h4,7H,6H2,1-3H3,(H,14,15). The summed E-state index contributed by atoms with van der Waals surface area (Å²) >= 11 is 0.725. The monoisotopic (exact) mass is 302 g/mol. The van der Waals surface area contributed by atoms with Gasteiger partial charge in [0, 0.05) is 13.6 Å². The molecule has 0 aliphatic carbocycles. The third kappa shape index (κ3) is 3.32. The van der Waals surface area contributed by atoms with Gasteiger partial charge in [-0.05, 0) is 25.5 Å². The fraction of sp³-hybridized carbons (Fsp3) is 0.455. The molecule has 1 rings (SSSR count). The molecule has 0 aliphatic rings. The molecule has 1 unspecified atom stereocenters. The van der Waals surface area contributed by atoms with Crippen molar-refractivity contribution in [3.05, 3.63) is 16.5 Å². The van der Waals surface area contributed by atoms with Crippen LogP contribution < -0.4 is 0 Å². The number of nitrogens with zero attached hydrogens (tertiary/aromatic N) is 2. The number of hydrogen-bond donors (Lipinski definition) is 1. The van der Waals surface area contributed by atoms with Crippen LogP contribution >= 0.6 is 11.3 Å². The second-order valence-corrected chi connectivity index (χ2v) is 7.52. The van der Waals surface area contributed by atoms with Gasteiger partial charge >= 0.3 is 5.97 Å². The van der Waals surface area contributed by atoms with Crippen LogP contribution in [0.25, 0.3) is 0 Å². The summed E-state index contributed by atoms with van der Waals surface area (Å²) < 4.78 is 25.5. The minimum atomic E-state index is -3.74. The number of sulfonamides is 1. The summed E-state index contributed by atoms with van der Waals surface area (Å²) in [6.45, 7) is 3.24. The highest BCUT2D eigenvalue weighted by Crippen LogP contribution is 2.28. The van der Waals surface area contributed by atoms with Gasteiger partial charge in [-0.15, -0.1) is 11.3 Å². The second-order valence-electron chi connectivity index (χ2n) is 4.20. The Morgan fingerprint density at radius 2 is 2.21 bits per heavy atom. The molecule has 0 spiro atoms. The summed E-state index contributed by atoms with van der Waals surface area (Å²) in [6, 6.07) is 3.30. The molecule has 0 bridgehead atoms. The number of carboxylic acids is 1. The number of aryl methyl sites for hydroxylation is 1. The number of carboxylic acid groups (broad SMARTS) is 1. The Bertz CT molecular complexity index is 628. The van der Waals surface area contributed by atoms with Crippen LogP contribution in [-0.4, -0.2) is 37.4 Å². The Kier molecular flexibility index (Phi) is 4.68. The molecule has 104 valence electrons. The summed E-state index contributed by atoms with van der Waals surface area (Å²) in [5.74, 6) is -1.57. The van der Waals surface area contributed by atoms with Crippen LogP contribution in [0.5, 0.6) is 0 Å². The minimum absolute atomic E-state index is 0.0142. The fourth-order valence-electron chi connectivity index (χ4n) is 1.47. The van der Waals surface area contributed by atoms with Crippen LogP contribution in [-0.2, 0) is 10.0 Å². The number of hydrogen-bond acceptors (Lipinski definition) is 5. The first kappa shape index (κ1) is 15.6. The van der Waals surface area contributed by atoms with E-state index in [0.717, 1.165) is 15.6 Å². The van der Waals surface area contributed by atoms with E-state index in [1.54, 1.807) is 13.8 Å². The molecule has 0 saturated carbocycles. The second kappa shape index (κ2) is 5.69. The third-order valence-electron chi connectivity index (χ3n) is 2.51. The molecule has 0 saturated heterocycles. The number of nitriles is 1. The Labute approximate surface area is 115 Å². The summed E-state index contributed by atoms with van der Waals surface area (Å²) in [4.78, 5) is 10.9. The normalized spacial score (nSPS) is 13.2. The van der Waals surface area contributed by atoms with Crippen molar-refractivity contribution in [2.75, 3.05) is 13.6 Å². The van der Waals surface area contributed by atoms with E-state index in [1.165, 1.54) is 13.1 Å². The third-order valence-corrected chi connectivity index (χ3v) is 6.00. The van der Waals surface area contributed by atoms with Gasteiger partial charge in [0.05, 0.1) is 12.0 Å². The number of aromatic carboxylic acids is 1. The molecule has 8 heteroatoms. The largest absolute Gasteiger partial charge is 0.477 e. The molecule has 0 fully saturated rings. The predicted molar refractivity (Wildman–Crippen MR) is 70.6 cm³/mol. The molecule has 1 aromatic rings. The van der Waals surface area contributed by atoms with E-state index >= 15 is 0 Å². The quantitative estimate of drug-likeness (QED) is 0.889. The van der Waals surface area contributed by atoms with Gasteiger partial charge in [0.25, 0.3) is 10.0 Å². The number of rotatable bonds is 5. The van der Waals surface area contributed by atoms with Gasteiger partial charge in [0.1, 0.15) is 9.09 Å². The highest BCUT2D eigenvalue weighted by Gasteiger charge is 2.26. The first-order chi connectivity index (χ1) is 8.70. The molecule has 6 nitrogen and oxygen atoms in total. The van der Waals surface area contributed by atoms with Gasteiger partial charge in [-0.25, -0.2) is 13.2 Å². The molecular formula is C11H14N2O4S2. The van der Waals surface area contributed by atoms with Crippen LogP contribution in [0, 0.1) is 24.2 Å². The summed E-state index contributed by atoms with van der Waals surface area (Å²) in [7, 11) is -2.37. The highest BCUT2D eigenvalue weighted by atomic mass is 32.2. The van der Waals surface area contributed by atoms with Gasteiger partial charge in [-0.2, -0.15) is 9.57 Å². The van der Waals surface area contributed by atoms with Gasteiger partial charge in [0.15, 0.2) is 0 Å². The molecular weight excluding hydrogens is 288 g/mol. The van der Waals surface area contributed by atoms with Gasteiger partial charge in [-0.3, -0.25) is 0 Å². The maximum absolute atomic E-state index is 12.2. The Morgan fingerprint density at radius 3 is 2.63 bits per heavy atom. The first-order valence-corrected chi connectivity index (χ1v) is 7.65. The van der Waals surface area contributed by atoms with E-state index < -0.39 is 21.9 Å². The molecule has 19 heavy (non-hydrogen) atoms. The van der Waals surface area contributed by atoms with Crippen LogP contribution in [0.3, 0.4) is 0 Å². The summed E-state index contributed by atoms with van der Waals surface area (Å²) in [5.41, 5.74) is 0.415. The van der Waals surface area contributed by atoms with Gasteiger partial charge < -0.3 is 5.11 Å². The molecule has 0 amide bonds. The molecule has 0 aromatic carbocycles. The van der Waals surface area contributed by atoms with Crippen LogP contribution in [0.1, 0.15) is 22.2 Å². The predicted octanol–water partition coefficient (Wildman–Crippen LogP) is 1.53. The number of thiophene rings is 1. The van der Waals surface area contributed by atoms with Crippen LogP contribution in [0.2, 0.25) is 0 Å². The Morgan fingerprint density at radius 1 is 1.63 bits per heavy atom. The molecule has 0 aliphatic heterocycles. The lowest BCUT2D eigenvalue weighted by atomic mass is 10.2. The number of carbonyl (C=O) groups is 1. The van der Waals surface area contributed by atoms with E-state index in [2.05, 4.69) is 0 Å². The van der Waals surface area contributed by atoms with Gasteiger partial charge in [-0.1, -0.05) is 0 Å². The fourth-order valence-corrected chi connectivity index (χ4v) is 4.32. The van der Waals surface area contributed by atoms with E-state index in [1.807, 2.05) is 6.07 Å². The zero-order chi connectivity index (χ0) is 14.8. The molecule has 1 atom stereocenters. The SMILES string of the molecule is Cc1cc(S(=O)(=O)N(C)CC(C)C#N)sc1C(=O)O. The van der Waals surface area contributed by atoms with Crippen molar-refractivity contribution >= 4 is 27.3 Å². The molecule has 1 aromatic heterocycles. The van der Waals surface area contributed by atoms with E-state index in [0.29, 0.717) is 5.56 Å². The van der Waals surface area contributed by atoms with E-state index in [4.69, 9.17) is 10.4 Å².